The van der Waals surface area contributed by atoms with Crippen LogP contribution in [0.2, 0.25) is 0 Å². The Labute approximate surface area is 100 Å². The molecule has 0 aliphatic heterocycles. The Morgan fingerprint density at radius 3 is 2.71 bits per heavy atom. The summed E-state index contributed by atoms with van der Waals surface area (Å²) in [5, 5.41) is 17.8. The molecule has 1 atom stereocenters. The number of nitrogens with two attached hydrogens (primary N) is 1. The maximum Gasteiger partial charge on any atom is 0.0860 e. The molecule has 1 unspecified atom stereocenters. The molecule has 0 bridgehead atoms. The fraction of sp³-hybridized carbons (Fsp3) is 0.231. The van der Waals surface area contributed by atoms with Crippen molar-refractivity contribution in [3.8, 4) is 0 Å². The molecule has 1 aliphatic carbocycles. The van der Waals surface area contributed by atoms with Gasteiger partial charge in [0.1, 0.15) is 0 Å². The Morgan fingerprint density at radius 1 is 1.24 bits per heavy atom. The van der Waals surface area contributed by atoms with Crippen molar-refractivity contribution in [1.29, 1.82) is 0 Å². The monoisotopic (exact) mass is 229 g/mol. The van der Waals surface area contributed by atoms with Crippen LogP contribution in [0.15, 0.2) is 64.0 Å². The third-order valence-electron chi connectivity index (χ3n) is 2.57. The van der Waals surface area contributed by atoms with Crippen LogP contribution in [-0.2, 0) is 0 Å². The molecule has 0 radical (unpaired) electrons. The van der Waals surface area contributed by atoms with Crippen LogP contribution < -0.4 is 5.73 Å². The molecule has 0 saturated carbocycles. The van der Waals surface area contributed by atoms with Gasteiger partial charge < -0.3 is 10.8 Å². The van der Waals surface area contributed by atoms with E-state index in [-0.39, 0.29) is 0 Å². The minimum atomic E-state index is -0.454. The highest BCUT2D eigenvalue weighted by Gasteiger charge is 2.12. The SMILES string of the molecule is NCC1=C(N=Nc2ccccc2)C=CC(O)C1. The fourth-order valence-corrected chi connectivity index (χ4v) is 1.64. The first-order chi connectivity index (χ1) is 8.29. The molecule has 1 aromatic carbocycles. The van der Waals surface area contributed by atoms with Crippen LogP contribution in [0.25, 0.3) is 0 Å². The van der Waals surface area contributed by atoms with E-state index in [0.29, 0.717) is 13.0 Å². The van der Waals surface area contributed by atoms with Crippen molar-refractivity contribution in [2.24, 2.45) is 16.0 Å². The Kier molecular flexibility index (Phi) is 3.80. The van der Waals surface area contributed by atoms with Crippen molar-refractivity contribution in [1.82, 2.24) is 0 Å². The lowest BCUT2D eigenvalue weighted by molar-refractivity contribution is 0.221. The van der Waals surface area contributed by atoms with Crippen LogP contribution in [-0.4, -0.2) is 17.8 Å². The van der Waals surface area contributed by atoms with Gasteiger partial charge >= 0.3 is 0 Å². The predicted octanol–water partition coefficient (Wildman–Crippen LogP) is 2.30. The average Bonchev–Trinajstić information content (AvgIpc) is 2.38. The van der Waals surface area contributed by atoms with Crippen LogP contribution >= 0.6 is 0 Å². The molecule has 88 valence electrons. The van der Waals surface area contributed by atoms with Crippen LogP contribution in [0, 0.1) is 0 Å². The molecule has 1 aromatic rings. The molecule has 4 nitrogen and oxygen atoms in total. The van der Waals surface area contributed by atoms with Gasteiger partial charge in [-0.2, -0.15) is 10.2 Å². The molecule has 17 heavy (non-hydrogen) atoms. The first kappa shape index (κ1) is 11.7. The Balaban J connectivity index is 2.18. The first-order valence-electron chi connectivity index (χ1n) is 5.55. The van der Waals surface area contributed by atoms with E-state index in [1.54, 1.807) is 12.2 Å². The van der Waals surface area contributed by atoms with E-state index in [0.717, 1.165) is 17.0 Å². The third-order valence-corrected chi connectivity index (χ3v) is 2.57. The number of hydrogen-bond donors (Lipinski definition) is 2. The van der Waals surface area contributed by atoms with E-state index in [2.05, 4.69) is 10.2 Å². The summed E-state index contributed by atoms with van der Waals surface area (Å²) in [6.45, 7) is 0.393. The Hall–Kier alpha value is -1.78. The molecular weight excluding hydrogens is 214 g/mol. The summed E-state index contributed by atoms with van der Waals surface area (Å²) < 4.78 is 0. The number of aliphatic hydroxyl groups is 1. The average molecular weight is 229 g/mol. The molecule has 4 heteroatoms. The van der Waals surface area contributed by atoms with Gasteiger partial charge in [0.05, 0.1) is 17.5 Å². The highest BCUT2D eigenvalue weighted by molar-refractivity contribution is 5.36. The molecule has 0 fully saturated rings. The quantitative estimate of drug-likeness (QED) is 0.781. The normalized spacial score (nSPS) is 20.2. The third kappa shape index (κ3) is 3.09. The van der Waals surface area contributed by atoms with E-state index < -0.39 is 6.10 Å². The molecule has 0 spiro atoms. The minimum Gasteiger partial charge on any atom is -0.389 e. The molecule has 0 amide bonds. The van der Waals surface area contributed by atoms with Gasteiger partial charge in [-0.25, -0.2) is 0 Å². The van der Waals surface area contributed by atoms with E-state index in [4.69, 9.17) is 5.73 Å². The minimum absolute atomic E-state index is 0.393. The molecule has 3 N–H and O–H groups in total. The highest BCUT2D eigenvalue weighted by atomic mass is 16.3. The molecule has 0 aromatic heterocycles. The van der Waals surface area contributed by atoms with Gasteiger partial charge in [-0.15, -0.1) is 0 Å². The molecule has 0 heterocycles. The highest BCUT2D eigenvalue weighted by Crippen LogP contribution is 2.21. The van der Waals surface area contributed by atoms with Gasteiger partial charge in [0, 0.05) is 13.0 Å². The maximum atomic E-state index is 9.46. The summed E-state index contributed by atoms with van der Waals surface area (Å²) in [5.74, 6) is 0. The lowest BCUT2D eigenvalue weighted by Crippen LogP contribution is -2.15. The van der Waals surface area contributed by atoms with Crippen LogP contribution in [0.3, 0.4) is 0 Å². The van der Waals surface area contributed by atoms with E-state index in [1.165, 1.54) is 0 Å². The van der Waals surface area contributed by atoms with Gasteiger partial charge in [-0.05, 0) is 23.8 Å². The summed E-state index contributed by atoms with van der Waals surface area (Å²) in [5.41, 5.74) is 8.10. The number of rotatable bonds is 3. The van der Waals surface area contributed by atoms with Crippen molar-refractivity contribution in [3.05, 3.63) is 53.8 Å². The number of benzene rings is 1. The lowest BCUT2D eigenvalue weighted by atomic mass is 10.0. The van der Waals surface area contributed by atoms with Crippen LogP contribution in [0.5, 0.6) is 0 Å². The summed E-state index contributed by atoms with van der Waals surface area (Å²) in [6.07, 6.45) is 3.56. The summed E-state index contributed by atoms with van der Waals surface area (Å²) in [4.78, 5) is 0. The summed E-state index contributed by atoms with van der Waals surface area (Å²) in [7, 11) is 0. The van der Waals surface area contributed by atoms with Crippen molar-refractivity contribution in [2.45, 2.75) is 12.5 Å². The van der Waals surface area contributed by atoms with Crippen molar-refractivity contribution >= 4 is 5.69 Å². The fourth-order valence-electron chi connectivity index (χ4n) is 1.64. The predicted molar refractivity (Wildman–Crippen MR) is 66.8 cm³/mol. The number of allylic oxidation sites excluding steroid dienone is 1. The van der Waals surface area contributed by atoms with Crippen molar-refractivity contribution in [3.63, 3.8) is 0 Å². The van der Waals surface area contributed by atoms with Crippen molar-refractivity contribution < 1.29 is 5.11 Å². The molecule has 0 saturated heterocycles. The van der Waals surface area contributed by atoms with Gasteiger partial charge in [0.25, 0.3) is 0 Å². The summed E-state index contributed by atoms with van der Waals surface area (Å²) in [6, 6.07) is 9.52. The zero-order chi connectivity index (χ0) is 12.1. The largest absolute Gasteiger partial charge is 0.389 e. The summed E-state index contributed by atoms with van der Waals surface area (Å²) >= 11 is 0. The zero-order valence-electron chi connectivity index (χ0n) is 9.45. The molecule has 2 rings (SSSR count). The number of azo groups is 1. The van der Waals surface area contributed by atoms with Gasteiger partial charge in [0.2, 0.25) is 0 Å². The van der Waals surface area contributed by atoms with Crippen LogP contribution in [0.1, 0.15) is 6.42 Å². The number of hydrogen-bond acceptors (Lipinski definition) is 4. The number of nitrogens with zero attached hydrogens (tertiary/aromatic N) is 2. The lowest BCUT2D eigenvalue weighted by Gasteiger charge is -2.14. The Bertz CT molecular complexity index is 463. The van der Waals surface area contributed by atoms with Crippen molar-refractivity contribution in [2.75, 3.05) is 6.54 Å². The second-order valence-electron chi connectivity index (χ2n) is 3.86. The first-order valence-corrected chi connectivity index (χ1v) is 5.55. The van der Waals surface area contributed by atoms with Gasteiger partial charge in [0.15, 0.2) is 0 Å². The Morgan fingerprint density at radius 2 is 2.00 bits per heavy atom. The smallest absolute Gasteiger partial charge is 0.0860 e. The second-order valence-corrected chi connectivity index (χ2v) is 3.86. The van der Waals surface area contributed by atoms with E-state index >= 15 is 0 Å². The topological polar surface area (TPSA) is 71.0 Å². The van der Waals surface area contributed by atoms with Gasteiger partial charge in [-0.1, -0.05) is 24.3 Å². The van der Waals surface area contributed by atoms with Crippen LogP contribution in [0.4, 0.5) is 5.69 Å². The van der Waals surface area contributed by atoms with E-state index in [9.17, 15) is 5.11 Å². The maximum absolute atomic E-state index is 9.46. The zero-order valence-corrected chi connectivity index (χ0v) is 9.45. The van der Waals surface area contributed by atoms with Gasteiger partial charge in [-0.3, -0.25) is 0 Å². The standard InChI is InChI=1S/C13H15N3O/c14-9-10-8-12(17)6-7-13(10)16-15-11-4-2-1-3-5-11/h1-7,12,17H,8-9,14H2. The molecular formula is C13H15N3O. The molecule has 1 aliphatic rings. The second kappa shape index (κ2) is 5.52. The van der Waals surface area contributed by atoms with E-state index in [1.807, 2.05) is 30.3 Å². The number of aliphatic hydroxyl groups excluding tert-OH is 1.